The van der Waals surface area contributed by atoms with Crippen LogP contribution < -0.4 is 0 Å². The van der Waals surface area contributed by atoms with E-state index in [1.54, 1.807) is 4.90 Å². The number of rotatable bonds is 4. The van der Waals surface area contributed by atoms with Crippen LogP contribution in [0.3, 0.4) is 0 Å². The van der Waals surface area contributed by atoms with Crippen molar-refractivity contribution in [2.75, 3.05) is 13.7 Å². The van der Waals surface area contributed by atoms with Crippen LogP contribution in [0.4, 0.5) is 4.79 Å². The number of allylic oxidation sites excluding steroid dienone is 1. The SMILES string of the molecule is CC[C@@H]1COC(=O)N1[C@@]12CCC[C@@H]1[C@@H](c1ccccc1)C=C(C(=O)OC)O2. The minimum absolute atomic E-state index is 0.0255. The van der Waals surface area contributed by atoms with Gasteiger partial charge in [-0.25, -0.2) is 9.59 Å². The lowest BCUT2D eigenvalue weighted by Gasteiger charge is -2.48. The summed E-state index contributed by atoms with van der Waals surface area (Å²) < 4.78 is 16.6. The molecule has 6 nitrogen and oxygen atoms in total. The molecule has 144 valence electrons. The maximum absolute atomic E-state index is 12.7. The molecule has 27 heavy (non-hydrogen) atoms. The van der Waals surface area contributed by atoms with E-state index in [1.165, 1.54) is 7.11 Å². The lowest BCUT2D eigenvalue weighted by atomic mass is 9.77. The Morgan fingerprint density at radius 3 is 2.81 bits per heavy atom. The third-order valence-corrected chi connectivity index (χ3v) is 6.09. The highest BCUT2D eigenvalue weighted by molar-refractivity contribution is 5.87. The lowest BCUT2D eigenvalue weighted by molar-refractivity contribution is -0.170. The molecule has 0 N–H and O–H groups in total. The Hall–Kier alpha value is -2.50. The van der Waals surface area contributed by atoms with E-state index in [0.29, 0.717) is 13.0 Å². The first kappa shape index (κ1) is 17.9. The van der Waals surface area contributed by atoms with Crippen molar-refractivity contribution in [3.8, 4) is 0 Å². The fraction of sp³-hybridized carbons (Fsp3) is 0.524. The van der Waals surface area contributed by atoms with Gasteiger partial charge < -0.3 is 14.2 Å². The molecular formula is C21H25NO5. The van der Waals surface area contributed by atoms with Gasteiger partial charge in [-0.05, 0) is 30.9 Å². The first-order chi connectivity index (χ1) is 13.1. The second-order valence-corrected chi connectivity index (χ2v) is 7.41. The molecule has 4 rings (SSSR count). The zero-order valence-electron chi connectivity index (χ0n) is 15.7. The molecule has 2 aliphatic heterocycles. The monoisotopic (exact) mass is 371 g/mol. The maximum atomic E-state index is 12.7. The van der Waals surface area contributed by atoms with Crippen LogP contribution in [-0.4, -0.2) is 42.4 Å². The zero-order valence-corrected chi connectivity index (χ0v) is 15.7. The number of cyclic esters (lactones) is 1. The minimum Gasteiger partial charge on any atom is -0.463 e. The number of benzene rings is 1. The first-order valence-corrected chi connectivity index (χ1v) is 9.61. The standard InChI is InChI=1S/C21H25NO5/c1-3-15-13-26-20(24)22(15)21-11-7-10-17(21)16(14-8-5-4-6-9-14)12-18(27-21)19(23)25-2/h4-6,8-9,12,15-17H,3,7,10-11,13H2,1-2H3/t15-,16-,17-,21-/m1/s1. The van der Waals surface area contributed by atoms with Crippen molar-refractivity contribution in [2.45, 2.75) is 50.3 Å². The number of amides is 1. The Bertz CT molecular complexity index is 761. The second-order valence-electron chi connectivity index (χ2n) is 7.41. The molecule has 0 unspecified atom stereocenters. The number of nitrogens with zero attached hydrogens (tertiary/aromatic N) is 1. The van der Waals surface area contributed by atoms with Gasteiger partial charge in [-0.15, -0.1) is 0 Å². The highest BCUT2D eigenvalue weighted by Crippen LogP contribution is 2.54. The molecule has 1 saturated carbocycles. The summed E-state index contributed by atoms with van der Waals surface area (Å²) in [6.07, 6.45) is 4.81. The van der Waals surface area contributed by atoms with E-state index in [0.717, 1.165) is 24.8 Å². The summed E-state index contributed by atoms with van der Waals surface area (Å²) in [6.45, 7) is 2.40. The number of hydrogen-bond acceptors (Lipinski definition) is 5. The van der Waals surface area contributed by atoms with Gasteiger partial charge in [0.25, 0.3) is 0 Å². The van der Waals surface area contributed by atoms with E-state index in [2.05, 4.69) is 12.1 Å². The van der Waals surface area contributed by atoms with Crippen LogP contribution in [0, 0.1) is 5.92 Å². The van der Waals surface area contributed by atoms with Crippen molar-refractivity contribution in [3.05, 3.63) is 47.7 Å². The summed E-state index contributed by atoms with van der Waals surface area (Å²) in [5, 5.41) is 0. The number of esters is 1. The molecule has 1 aromatic rings. The second kappa shape index (κ2) is 6.91. The first-order valence-electron chi connectivity index (χ1n) is 9.61. The highest BCUT2D eigenvalue weighted by atomic mass is 16.6. The molecular weight excluding hydrogens is 346 g/mol. The molecule has 2 fully saturated rings. The third kappa shape index (κ3) is 2.78. The van der Waals surface area contributed by atoms with Crippen molar-refractivity contribution >= 4 is 12.1 Å². The predicted octanol–water partition coefficient (Wildman–Crippen LogP) is 3.58. The van der Waals surface area contributed by atoms with Crippen LogP contribution in [-0.2, 0) is 19.0 Å². The van der Waals surface area contributed by atoms with Gasteiger partial charge in [0, 0.05) is 18.3 Å². The Morgan fingerprint density at radius 1 is 1.33 bits per heavy atom. The van der Waals surface area contributed by atoms with Gasteiger partial charge in [0.1, 0.15) is 6.61 Å². The Labute approximate surface area is 159 Å². The molecule has 0 spiro atoms. The molecule has 1 amide bonds. The number of carbonyl (C=O) groups is 2. The van der Waals surface area contributed by atoms with Crippen LogP contribution in [0.15, 0.2) is 42.2 Å². The molecule has 1 aromatic carbocycles. The largest absolute Gasteiger partial charge is 0.463 e. The van der Waals surface area contributed by atoms with Gasteiger partial charge in [0.15, 0.2) is 5.72 Å². The highest BCUT2D eigenvalue weighted by Gasteiger charge is 2.60. The number of methoxy groups -OCH3 is 1. The van der Waals surface area contributed by atoms with Gasteiger partial charge in [-0.3, -0.25) is 4.90 Å². The normalized spacial score (nSPS) is 32.4. The Morgan fingerprint density at radius 2 is 2.11 bits per heavy atom. The van der Waals surface area contributed by atoms with E-state index in [4.69, 9.17) is 14.2 Å². The number of hydrogen-bond donors (Lipinski definition) is 0. The van der Waals surface area contributed by atoms with Crippen molar-refractivity contribution in [2.24, 2.45) is 5.92 Å². The van der Waals surface area contributed by atoms with Gasteiger partial charge in [0.05, 0.1) is 13.2 Å². The van der Waals surface area contributed by atoms with Gasteiger partial charge in [0.2, 0.25) is 5.76 Å². The molecule has 0 radical (unpaired) electrons. The fourth-order valence-corrected chi connectivity index (χ4v) is 4.86. The molecule has 2 heterocycles. The minimum atomic E-state index is -0.868. The quantitative estimate of drug-likeness (QED) is 0.757. The topological polar surface area (TPSA) is 65.1 Å². The average molecular weight is 371 g/mol. The van der Waals surface area contributed by atoms with E-state index in [1.807, 2.05) is 31.2 Å². The van der Waals surface area contributed by atoms with Gasteiger partial charge in [-0.2, -0.15) is 0 Å². The van der Waals surface area contributed by atoms with E-state index < -0.39 is 11.7 Å². The third-order valence-electron chi connectivity index (χ3n) is 6.09. The van der Waals surface area contributed by atoms with Crippen molar-refractivity contribution in [1.82, 2.24) is 4.90 Å². The van der Waals surface area contributed by atoms with Gasteiger partial charge >= 0.3 is 12.1 Å². The summed E-state index contributed by atoms with van der Waals surface area (Å²) in [7, 11) is 1.34. The molecule has 0 aromatic heterocycles. The van der Waals surface area contributed by atoms with Crippen LogP contribution in [0.1, 0.15) is 44.1 Å². The summed E-state index contributed by atoms with van der Waals surface area (Å²) in [6, 6.07) is 10.0. The summed E-state index contributed by atoms with van der Waals surface area (Å²) >= 11 is 0. The number of carbonyl (C=O) groups excluding carboxylic acids is 2. The van der Waals surface area contributed by atoms with E-state index >= 15 is 0 Å². The van der Waals surface area contributed by atoms with Crippen molar-refractivity contribution in [1.29, 1.82) is 0 Å². The van der Waals surface area contributed by atoms with Crippen LogP contribution in [0.5, 0.6) is 0 Å². The number of ether oxygens (including phenoxy) is 3. The lowest BCUT2D eigenvalue weighted by Crippen LogP contribution is -2.59. The summed E-state index contributed by atoms with van der Waals surface area (Å²) in [5.74, 6) is -0.296. The Balaban J connectivity index is 1.82. The molecule has 4 atom stereocenters. The predicted molar refractivity (Wildman–Crippen MR) is 97.7 cm³/mol. The smallest absolute Gasteiger partial charge is 0.413 e. The molecule has 6 heteroatoms. The van der Waals surface area contributed by atoms with Crippen molar-refractivity contribution in [3.63, 3.8) is 0 Å². The number of fused-ring (bicyclic) bond motifs is 1. The van der Waals surface area contributed by atoms with Crippen LogP contribution in [0.2, 0.25) is 0 Å². The Kier molecular flexibility index (Phi) is 4.58. The summed E-state index contributed by atoms with van der Waals surface area (Å²) in [4.78, 5) is 26.8. The zero-order chi connectivity index (χ0) is 19.0. The molecule has 1 saturated heterocycles. The average Bonchev–Trinajstić information content (AvgIpc) is 3.30. The van der Waals surface area contributed by atoms with Crippen LogP contribution in [0.25, 0.3) is 0 Å². The summed E-state index contributed by atoms with van der Waals surface area (Å²) in [5.41, 5.74) is 0.242. The van der Waals surface area contributed by atoms with Crippen LogP contribution >= 0.6 is 0 Å². The molecule has 1 aliphatic carbocycles. The maximum Gasteiger partial charge on any atom is 0.413 e. The van der Waals surface area contributed by atoms with Gasteiger partial charge in [-0.1, -0.05) is 37.3 Å². The molecule has 0 bridgehead atoms. The van der Waals surface area contributed by atoms with E-state index in [9.17, 15) is 9.59 Å². The fourth-order valence-electron chi connectivity index (χ4n) is 4.86. The molecule has 3 aliphatic rings. The van der Waals surface area contributed by atoms with Crippen molar-refractivity contribution < 1.29 is 23.8 Å². The van der Waals surface area contributed by atoms with E-state index in [-0.39, 0.29) is 29.7 Å².